The Balaban J connectivity index is 1.88. The summed E-state index contributed by atoms with van der Waals surface area (Å²) in [5.41, 5.74) is 1.69. The third-order valence-electron chi connectivity index (χ3n) is 3.87. The number of nitrogens with zero attached hydrogens (tertiary/aromatic N) is 1. The van der Waals surface area contributed by atoms with Gasteiger partial charge in [0, 0.05) is 12.2 Å². The highest BCUT2D eigenvalue weighted by Gasteiger charge is 2.29. The number of hydrogen-bond donors (Lipinski definition) is 1. The molecule has 0 aliphatic carbocycles. The number of sulfonamides is 2. The van der Waals surface area contributed by atoms with Crippen LogP contribution >= 0.6 is 0 Å². The summed E-state index contributed by atoms with van der Waals surface area (Å²) in [4.78, 5) is 0.175. The monoisotopic (exact) mass is 366 g/mol. The fraction of sp³-hybridized carbons (Fsp3) is 0.250. The molecule has 24 heavy (non-hydrogen) atoms. The smallest absolute Gasteiger partial charge is 0.261 e. The largest absolute Gasteiger partial charge is 0.280 e. The van der Waals surface area contributed by atoms with Crippen molar-refractivity contribution in [3.05, 3.63) is 54.1 Å². The van der Waals surface area contributed by atoms with E-state index in [1.54, 1.807) is 43.3 Å². The third-order valence-corrected chi connectivity index (χ3v) is 7.12. The Bertz CT molecular complexity index is 955. The van der Waals surface area contributed by atoms with Gasteiger partial charge in [0.2, 0.25) is 10.0 Å². The molecule has 0 aromatic heterocycles. The Kier molecular flexibility index (Phi) is 4.27. The number of aryl methyl sites for hydroxylation is 1. The van der Waals surface area contributed by atoms with Gasteiger partial charge in [0.15, 0.2) is 0 Å². The average molecular weight is 366 g/mol. The van der Waals surface area contributed by atoms with Crippen LogP contribution in [0.4, 0.5) is 11.4 Å². The van der Waals surface area contributed by atoms with E-state index >= 15 is 0 Å². The molecule has 0 radical (unpaired) electrons. The van der Waals surface area contributed by atoms with Gasteiger partial charge in [0.25, 0.3) is 10.0 Å². The molecule has 0 spiro atoms. The lowest BCUT2D eigenvalue weighted by molar-refractivity contribution is 0.598. The van der Waals surface area contributed by atoms with Crippen LogP contribution in [0.5, 0.6) is 0 Å². The second-order valence-corrected chi connectivity index (χ2v) is 9.36. The molecule has 0 unspecified atom stereocenters. The number of benzene rings is 2. The van der Waals surface area contributed by atoms with Gasteiger partial charge in [-0.25, -0.2) is 16.8 Å². The van der Waals surface area contributed by atoms with Crippen molar-refractivity contribution in [1.82, 2.24) is 0 Å². The first-order valence-corrected chi connectivity index (χ1v) is 10.6. The van der Waals surface area contributed by atoms with Crippen LogP contribution in [0.2, 0.25) is 0 Å². The molecule has 0 bridgehead atoms. The van der Waals surface area contributed by atoms with Crippen molar-refractivity contribution in [2.75, 3.05) is 21.3 Å². The van der Waals surface area contributed by atoms with Crippen molar-refractivity contribution in [1.29, 1.82) is 0 Å². The van der Waals surface area contributed by atoms with Crippen molar-refractivity contribution in [3.63, 3.8) is 0 Å². The van der Waals surface area contributed by atoms with E-state index in [-0.39, 0.29) is 10.6 Å². The fourth-order valence-corrected chi connectivity index (χ4v) is 5.42. The number of nitrogens with one attached hydrogen (secondary N) is 1. The van der Waals surface area contributed by atoms with Crippen molar-refractivity contribution in [2.24, 2.45) is 0 Å². The molecule has 1 heterocycles. The minimum Gasteiger partial charge on any atom is -0.280 e. The van der Waals surface area contributed by atoms with E-state index in [9.17, 15) is 16.8 Å². The molecule has 2 aromatic carbocycles. The van der Waals surface area contributed by atoms with Crippen LogP contribution in [-0.4, -0.2) is 29.1 Å². The summed E-state index contributed by atoms with van der Waals surface area (Å²) in [6.07, 6.45) is 0.601. The van der Waals surface area contributed by atoms with Gasteiger partial charge in [-0.2, -0.15) is 0 Å². The molecule has 1 saturated heterocycles. The first-order chi connectivity index (χ1) is 11.3. The lowest BCUT2D eigenvalue weighted by atomic mass is 10.2. The summed E-state index contributed by atoms with van der Waals surface area (Å²) in [6.45, 7) is 2.22. The average Bonchev–Trinajstić information content (AvgIpc) is 2.87. The van der Waals surface area contributed by atoms with E-state index in [1.807, 2.05) is 0 Å². The van der Waals surface area contributed by atoms with Gasteiger partial charge < -0.3 is 0 Å². The van der Waals surface area contributed by atoms with Crippen molar-refractivity contribution in [3.8, 4) is 0 Å². The maximum atomic E-state index is 12.3. The molecule has 1 aliphatic rings. The van der Waals surface area contributed by atoms with E-state index < -0.39 is 20.0 Å². The van der Waals surface area contributed by atoms with Gasteiger partial charge in [-0.15, -0.1) is 0 Å². The van der Waals surface area contributed by atoms with E-state index in [1.165, 1.54) is 16.4 Å². The highest BCUT2D eigenvalue weighted by atomic mass is 32.2. The lowest BCUT2D eigenvalue weighted by Gasteiger charge is -2.20. The van der Waals surface area contributed by atoms with Crippen LogP contribution in [-0.2, 0) is 20.0 Å². The highest BCUT2D eigenvalue weighted by molar-refractivity contribution is 7.93. The molecule has 3 rings (SSSR count). The summed E-state index contributed by atoms with van der Waals surface area (Å²) < 4.78 is 52.6. The van der Waals surface area contributed by atoms with Crippen LogP contribution in [0, 0.1) is 6.92 Å². The van der Waals surface area contributed by atoms with Crippen LogP contribution in [0.3, 0.4) is 0 Å². The second kappa shape index (κ2) is 6.10. The van der Waals surface area contributed by atoms with Crippen LogP contribution in [0.25, 0.3) is 0 Å². The number of rotatable bonds is 4. The Morgan fingerprint density at radius 3 is 2.38 bits per heavy atom. The zero-order valence-corrected chi connectivity index (χ0v) is 14.8. The van der Waals surface area contributed by atoms with Crippen molar-refractivity contribution < 1.29 is 16.8 Å². The third kappa shape index (κ3) is 3.25. The molecular formula is C16H18N2O4S2. The van der Waals surface area contributed by atoms with Gasteiger partial charge in [0.05, 0.1) is 16.3 Å². The molecule has 1 aliphatic heterocycles. The molecule has 8 heteroatoms. The van der Waals surface area contributed by atoms with Gasteiger partial charge in [-0.1, -0.05) is 18.2 Å². The quantitative estimate of drug-likeness (QED) is 0.900. The van der Waals surface area contributed by atoms with Crippen LogP contribution < -0.4 is 9.03 Å². The highest BCUT2D eigenvalue weighted by Crippen LogP contribution is 2.30. The minimum atomic E-state index is -3.67. The minimum absolute atomic E-state index is 0.148. The Morgan fingerprint density at radius 2 is 1.79 bits per heavy atom. The van der Waals surface area contributed by atoms with Gasteiger partial charge in [-0.3, -0.25) is 9.03 Å². The normalized spacial score (nSPS) is 17.0. The Labute approximate surface area is 142 Å². The summed E-state index contributed by atoms with van der Waals surface area (Å²) >= 11 is 0. The zero-order chi connectivity index (χ0) is 17.4. The van der Waals surface area contributed by atoms with E-state index in [0.29, 0.717) is 29.9 Å². The topological polar surface area (TPSA) is 83.6 Å². The summed E-state index contributed by atoms with van der Waals surface area (Å²) in [7, 11) is -6.93. The van der Waals surface area contributed by atoms with Gasteiger partial charge in [0.1, 0.15) is 0 Å². The number of hydrogen-bond acceptors (Lipinski definition) is 4. The van der Waals surface area contributed by atoms with Crippen molar-refractivity contribution in [2.45, 2.75) is 18.2 Å². The Hall–Kier alpha value is -2.06. The fourth-order valence-electron chi connectivity index (χ4n) is 2.72. The molecule has 128 valence electrons. The summed E-state index contributed by atoms with van der Waals surface area (Å²) in [5, 5.41) is 0. The molecule has 2 aromatic rings. The molecule has 0 saturated carbocycles. The first kappa shape index (κ1) is 16.8. The predicted molar refractivity (Wildman–Crippen MR) is 94.2 cm³/mol. The summed E-state index contributed by atoms with van der Waals surface area (Å²) in [5.74, 6) is 0.148. The summed E-state index contributed by atoms with van der Waals surface area (Å²) in [6, 6.07) is 12.9. The Morgan fingerprint density at radius 1 is 1.08 bits per heavy atom. The molecule has 0 atom stereocenters. The van der Waals surface area contributed by atoms with E-state index in [4.69, 9.17) is 0 Å². The standard InChI is InChI=1S/C16H18N2O4S2/c1-13-12-14(17-24(21,22)15-6-3-2-4-7-15)8-9-16(13)18-10-5-11-23(18,19)20/h2-4,6-9,12,17H,5,10-11H2,1H3. The molecular weight excluding hydrogens is 348 g/mol. The van der Waals surface area contributed by atoms with E-state index in [0.717, 1.165) is 0 Å². The van der Waals surface area contributed by atoms with E-state index in [2.05, 4.69) is 4.72 Å². The lowest BCUT2D eigenvalue weighted by Crippen LogP contribution is -2.25. The van der Waals surface area contributed by atoms with Crippen molar-refractivity contribution >= 4 is 31.4 Å². The van der Waals surface area contributed by atoms with Crippen LogP contribution in [0.15, 0.2) is 53.4 Å². The SMILES string of the molecule is Cc1cc(NS(=O)(=O)c2ccccc2)ccc1N1CCCS1(=O)=O. The molecule has 0 amide bonds. The molecule has 6 nitrogen and oxygen atoms in total. The second-order valence-electron chi connectivity index (χ2n) is 5.66. The maximum Gasteiger partial charge on any atom is 0.261 e. The van der Waals surface area contributed by atoms with Crippen LogP contribution in [0.1, 0.15) is 12.0 Å². The number of anilines is 2. The van der Waals surface area contributed by atoms with Gasteiger partial charge in [-0.05, 0) is 49.2 Å². The van der Waals surface area contributed by atoms with Gasteiger partial charge >= 0.3 is 0 Å². The predicted octanol–water partition coefficient (Wildman–Crippen LogP) is 2.34. The molecule has 1 N–H and O–H groups in total. The first-order valence-electron chi connectivity index (χ1n) is 7.48. The maximum absolute atomic E-state index is 12.3. The molecule has 1 fully saturated rings. The zero-order valence-electron chi connectivity index (χ0n) is 13.1.